The van der Waals surface area contributed by atoms with E-state index >= 15 is 0 Å². The van der Waals surface area contributed by atoms with Crippen LogP contribution >= 0.6 is 11.6 Å². The zero-order valence-corrected chi connectivity index (χ0v) is 10.2. The van der Waals surface area contributed by atoms with Gasteiger partial charge in [0, 0.05) is 19.1 Å². The summed E-state index contributed by atoms with van der Waals surface area (Å²) in [4.78, 5) is 2.24. The molecule has 1 aromatic heterocycles. The molecule has 1 fully saturated rings. The molecule has 0 spiro atoms. The standard InChI is InChI=1S/C11H17ClN4/c1-8(13)9-3-2-6-16(7-9)11-5-4-10(12)14-15-11/h4-5,8-9H,2-3,6-7,13H2,1H3. The van der Waals surface area contributed by atoms with Gasteiger partial charge in [0.05, 0.1) is 0 Å². The van der Waals surface area contributed by atoms with Crippen molar-refractivity contribution < 1.29 is 0 Å². The van der Waals surface area contributed by atoms with E-state index < -0.39 is 0 Å². The second-order valence-electron chi connectivity index (χ2n) is 4.42. The zero-order chi connectivity index (χ0) is 11.5. The van der Waals surface area contributed by atoms with Crippen LogP contribution in [0.4, 0.5) is 5.82 Å². The Hall–Kier alpha value is -0.870. The summed E-state index contributed by atoms with van der Waals surface area (Å²) in [7, 11) is 0. The van der Waals surface area contributed by atoms with E-state index in [1.807, 2.05) is 6.07 Å². The predicted octanol–water partition coefficient (Wildman–Crippen LogP) is 1.69. The highest BCUT2D eigenvalue weighted by molar-refractivity contribution is 6.29. The summed E-state index contributed by atoms with van der Waals surface area (Å²) in [6, 6.07) is 3.93. The molecule has 1 aliphatic rings. The Morgan fingerprint density at radius 1 is 1.50 bits per heavy atom. The average molecular weight is 241 g/mol. The first-order chi connectivity index (χ1) is 7.66. The minimum absolute atomic E-state index is 0.239. The summed E-state index contributed by atoms with van der Waals surface area (Å²) in [5, 5.41) is 8.40. The van der Waals surface area contributed by atoms with Crippen LogP contribution in [0.1, 0.15) is 19.8 Å². The molecule has 88 valence electrons. The molecule has 0 bridgehead atoms. The molecular weight excluding hydrogens is 224 g/mol. The van der Waals surface area contributed by atoms with Crippen molar-refractivity contribution in [1.29, 1.82) is 0 Å². The maximum Gasteiger partial charge on any atom is 0.151 e. The monoisotopic (exact) mass is 240 g/mol. The second-order valence-corrected chi connectivity index (χ2v) is 4.81. The van der Waals surface area contributed by atoms with Crippen LogP contribution in [-0.2, 0) is 0 Å². The molecule has 0 aliphatic carbocycles. The Labute approximate surface area is 101 Å². The van der Waals surface area contributed by atoms with Gasteiger partial charge in [0.2, 0.25) is 0 Å². The van der Waals surface area contributed by atoms with Crippen molar-refractivity contribution in [2.24, 2.45) is 11.7 Å². The van der Waals surface area contributed by atoms with Crippen molar-refractivity contribution in [3.63, 3.8) is 0 Å². The Morgan fingerprint density at radius 2 is 2.31 bits per heavy atom. The van der Waals surface area contributed by atoms with Crippen LogP contribution in [0.25, 0.3) is 0 Å². The molecule has 0 radical (unpaired) electrons. The summed E-state index contributed by atoms with van der Waals surface area (Å²) in [6.07, 6.45) is 2.37. The first kappa shape index (κ1) is 11.6. The highest BCUT2D eigenvalue weighted by Gasteiger charge is 2.23. The van der Waals surface area contributed by atoms with Crippen molar-refractivity contribution in [2.45, 2.75) is 25.8 Å². The van der Waals surface area contributed by atoms with Gasteiger partial charge in [-0.2, -0.15) is 0 Å². The van der Waals surface area contributed by atoms with Gasteiger partial charge in [0.15, 0.2) is 11.0 Å². The third-order valence-corrected chi connectivity index (χ3v) is 3.34. The number of aromatic nitrogens is 2. The van der Waals surface area contributed by atoms with E-state index in [-0.39, 0.29) is 6.04 Å². The maximum absolute atomic E-state index is 5.95. The molecule has 1 saturated heterocycles. The van der Waals surface area contributed by atoms with Gasteiger partial charge in [-0.1, -0.05) is 11.6 Å². The number of hydrogen-bond acceptors (Lipinski definition) is 4. The maximum atomic E-state index is 5.95. The minimum Gasteiger partial charge on any atom is -0.355 e. The highest BCUT2D eigenvalue weighted by atomic mass is 35.5. The average Bonchev–Trinajstić information content (AvgIpc) is 2.30. The molecule has 0 saturated carbocycles. The van der Waals surface area contributed by atoms with Crippen molar-refractivity contribution in [3.8, 4) is 0 Å². The number of anilines is 1. The summed E-state index contributed by atoms with van der Waals surface area (Å²) in [5.41, 5.74) is 5.95. The number of piperidine rings is 1. The Bertz CT molecular complexity index is 338. The Morgan fingerprint density at radius 3 is 2.94 bits per heavy atom. The van der Waals surface area contributed by atoms with Gasteiger partial charge in [-0.25, -0.2) is 0 Å². The Balaban J connectivity index is 2.06. The zero-order valence-electron chi connectivity index (χ0n) is 9.43. The predicted molar refractivity (Wildman–Crippen MR) is 65.6 cm³/mol. The van der Waals surface area contributed by atoms with E-state index in [1.54, 1.807) is 6.07 Å². The molecule has 2 unspecified atom stereocenters. The summed E-state index contributed by atoms with van der Waals surface area (Å²) < 4.78 is 0. The van der Waals surface area contributed by atoms with E-state index in [4.69, 9.17) is 17.3 Å². The van der Waals surface area contributed by atoms with Crippen LogP contribution in [-0.4, -0.2) is 29.3 Å². The molecule has 2 heterocycles. The smallest absolute Gasteiger partial charge is 0.151 e. The van der Waals surface area contributed by atoms with Crippen molar-refractivity contribution >= 4 is 17.4 Å². The molecule has 2 N–H and O–H groups in total. The third kappa shape index (κ3) is 2.62. The number of hydrogen-bond donors (Lipinski definition) is 1. The van der Waals surface area contributed by atoms with E-state index in [0.717, 1.165) is 25.3 Å². The van der Waals surface area contributed by atoms with Crippen molar-refractivity contribution in [2.75, 3.05) is 18.0 Å². The molecule has 0 amide bonds. The van der Waals surface area contributed by atoms with E-state index in [2.05, 4.69) is 22.0 Å². The molecule has 2 rings (SSSR count). The SMILES string of the molecule is CC(N)C1CCCN(c2ccc(Cl)nn2)C1. The molecule has 1 aliphatic heterocycles. The third-order valence-electron chi connectivity index (χ3n) is 3.14. The molecule has 2 atom stereocenters. The fourth-order valence-electron chi connectivity index (χ4n) is 2.12. The number of nitrogens with zero attached hydrogens (tertiary/aromatic N) is 3. The fraction of sp³-hybridized carbons (Fsp3) is 0.636. The summed E-state index contributed by atoms with van der Waals surface area (Å²) in [6.45, 7) is 4.06. The topological polar surface area (TPSA) is 55.0 Å². The summed E-state index contributed by atoms with van der Waals surface area (Å²) >= 11 is 5.72. The lowest BCUT2D eigenvalue weighted by atomic mass is 9.92. The van der Waals surface area contributed by atoms with Crippen LogP contribution in [0.2, 0.25) is 5.15 Å². The highest BCUT2D eigenvalue weighted by Crippen LogP contribution is 2.23. The lowest BCUT2D eigenvalue weighted by Crippen LogP contribution is -2.42. The largest absolute Gasteiger partial charge is 0.355 e. The lowest BCUT2D eigenvalue weighted by Gasteiger charge is -2.35. The molecule has 0 aromatic carbocycles. The van der Waals surface area contributed by atoms with E-state index in [1.165, 1.54) is 6.42 Å². The molecule has 5 heteroatoms. The number of halogens is 1. The number of nitrogens with two attached hydrogens (primary N) is 1. The van der Waals surface area contributed by atoms with E-state index in [9.17, 15) is 0 Å². The van der Waals surface area contributed by atoms with Crippen LogP contribution in [0.3, 0.4) is 0 Å². The van der Waals surface area contributed by atoms with Crippen molar-refractivity contribution in [3.05, 3.63) is 17.3 Å². The van der Waals surface area contributed by atoms with Crippen LogP contribution in [0, 0.1) is 5.92 Å². The number of rotatable bonds is 2. The summed E-state index contributed by atoms with van der Waals surface area (Å²) in [5.74, 6) is 1.45. The van der Waals surface area contributed by atoms with Gasteiger partial charge in [0.1, 0.15) is 0 Å². The van der Waals surface area contributed by atoms with Gasteiger partial charge in [0.25, 0.3) is 0 Å². The molecule has 16 heavy (non-hydrogen) atoms. The van der Waals surface area contributed by atoms with Gasteiger partial charge < -0.3 is 10.6 Å². The first-order valence-electron chi connectivity index (χ1n) is 5.66. The van der Waals surface area contributed by atoms with Gasteiger partial charge in [-0.05, 0) is 37.8 Å². The first-order valence-corrected chi connectivity index (χ1v) is 6.04. The van der Waals surface area contributed by atoms with Crippen LogP contribution < -0.4 is 10.6 Å². The van der Waals surface area contributed by atoms with Crippen LogP contribution in [0.15, 0.2) is 12.1 Å². The lowest BCUT2D eigenvalue weighted by molar-refractivity contribution is 0.363. The second kappa shape index (κ2) is 4.97. The normalized spacial score (nSPS) is 23.2. The van der Waals surface area contributed by atoms with Gasteiger partial charge >= 0.3 is 0 Å². The van der Waals surface area contributed by atoms with Gasteiger partial charge in [-0.15, -0.1) is 10.2 Å². The van der Waals surface area contributed by atoms with Crippen LogP contribution in [0.5, 0.6) is 0 Å². The molecule has 4 nitrogen and oxygen atoms in total. The molecular formula is C11H17ClN4. The quantitative estimate of drug-likeness (QED) is 0.855. The fourth-order valence-corrected chi connectivity index (χ4v) is 2.23. The minimum atomic E-state index is 0.239. The Kier molecular flexibility index (Phi) is 3.61. The van der Waals surface area contributed by atoms with E-state index in [0.29, 0.717) is 11.1 Å². The van der Waals surface area contributed by atoms with Crippen molar-refractivity contribution in [1.82, 2.24) is 10.2 Å². The van der Waals surface area contributed by atoms with Gasteiger partial charge in [-0.3, -0.25) is 0 Å². The molecule has 1 aromatic rings.